The van der Waals surface area contributed by atoms with Crippen LogP contribution in [0.3, 0.4) is 0 Å². The number of rotatable bonds is 5. The number of furan rings is 1. The highest BCUT2D eigenvalue weighted by molar-refractivity contribution is 5.70. The molecule has 0 saturated heterocycles. The van der Waals surface area contributed by atoms with Crippen molar-refractivity contribution in [3.8, 4) is 0 Å². The summed E-state index contributed by atoms with van der Waals surface area (Å²) in [6.07, 6.45) is 0.362. The van der Waals surface area contributed by atoms with Crippen molar-refractivity contribution in [2.24, 2.45) is 0 Å². The minimum absolute atomic E-state index is 0.0983. The van der Waals surface area contributed by atoms with Gasteiger partial charge in [0.25, 0.3) is 0 Å². The topological polar surface area (TPSA) is 51.5 Å². The third-order valence-corrected chi connectivity index (χ3v) is 2.39. The minimum atomic E-state index is -0.416. The fourth-order valence-corrected chi connectivity index (χ4v) is 1.57. The highest BCUT2D eigenvalue weighted by Gasteiger charge is 2.16. The Labute approximate surface area is 109 Å². The maximum Gasteiger partial charge on any atom is 0.307 e. The van der Waals surface area contributed by atoms with E-state index in [1.54, 1.807) is 0 Å². The van der Waals surface area contributed by atoms with Crippen LogP contribution in [-0.2, 0) is 9.53 Å². The zero-order valence-electron chi connectivity index (χ0n) is 11.9. The zero-order valence-corrected chi connectivity index (χ0v) is 11.9. The second-order valence-electron chi connectivity index (χ2n) is 5.46. The summed E-state index contributed by atoms with van der Waals surface area (Å²) < 4.78 is 10.7. The third-order valence-electron chi connectivity index (χ3n) is 2.39. The Kier molecular flexibility index (Phi) is 4.96. The van der Waals surface area contributed by atoms with Gasteiger partial charge in [-0.15, -0.1) is 0 Å². The van der Waals surface area contributed by atoms with Crippen molar-refractivity contribution in [2.45, 2.75) is 52.7 Å². The summed E-state index contributed by atoms with van der Waals surface area (Å²) in [5, 5.41) is 3.23. The van der Waals surface area contributed by atoms with E-state index in [0.717, 1.165) is 11.5 Å². The van der Waals surface area contributed by atoms with E-state index in [-0.39, 0.29) is 12.0 Å². The molecule has 1 unspecified atom stereocenters. The van der Waals surface area contributed by atoms with Crippen molar-refractivity contribution in [3.63, 3.8) is 0 Å². The van der Waals surface area contributed by atoms with E-state index in [4.69, 9.17) is 9.15 Å². The fourth-order valence-electron chi connectivity index (χ4n) is 1.57. The molecule has 0 fully saturated rings. The van der Waals surface area contributed by atoms with Gasteiger partial charge in [-0.05, 0) is 46.8 Å². The first-order valence-electron chi connectivity index (χ1n) is 6.29. The molecule has 0 bridgehead atoms. The van der Waals surface area contributed by atoms with Crippen molar-refractivity contribution in [1.82, 2.24) is 5.32 Å². The van der Waals surface area contributed by atoms with Crippen LogP contribution in [-0.4, -0.2) is 18.1 Å². The SMILES string of the molecule is Cc1ccc(C(C)NCCC(=O)OC(C)(C)C)o1. The molecule has 1 heterocycles. The number of esters is 1. The largest absolute Gasteiger partial charge is 0.465 e. The second-order valence-corrected chi connectivity index (χ2v) is 5.46. The maximum atomic E-state index is 11.5. The Morgan fingerprint density at radius 2 is 2.11 bits per heavy atom. The molecule has 102 valence electrons. The van der Waals surface area contributed by atoms with E-state index in [9.17, 15) is 4.79 Å². The molecule has 0 aliphatic rings. The summed E-state index contributed by atoms with van der Waals surface area (Å²) in [5.41, 5.74) is -0.416. The smallest absolute Gasteiger partial charge is 0.307 e. The predicted octanol–water partition coefficient (Wildman–Crippen LogP) is 2.97. The molecular formula is C14H23NO3. The molecule has 0 aliphatic heterocycles. The Hall–Kier alpha value is -1.29. The molecule has 1 aromatic rings. The molecule has 18 heavy (non-hydrogen) atoms. The van der Waals surface area contributed by atoms with E-state index >= 15 is 0 Å². The Morgan fingerprint density at radius 1 is 1.44 bits per heavy atom. The van der Waals surface area contributed by atoms with Crippen LogP contribution in [0, 0.1) is 6.92 Å². The van der Waals surface area contributed by atoms with Crippen LogP contribution in [0.5, 0.6) is 0 Å². The van der Waals surface area contributed by atoms with Gasteiger partial charge in [0.2, 0.25) is 0 Å². The summed E-state index contributed by atoms with van der Waals surface area (Å²) >= 11 is 0. The van der Waals surface area contributed by atoms with Gasteiger partial charge in [-0.25, -0.2) is 0 Å². The number of hydrogen-bond acceptors (Lipinski definition) is 4. The van der Waals surface area contributed by atoms with Gasteiger partial charge in [0.05, 0.1) is 12.5 Å². The van der Waals surface area contributed by atoms with Gasteiger partial charge in [-0.3, -0.25) is 4.79 Å². The monoisotopic (exact) mass is 253 g/mol. The van der Waals surface area contributed by atoms with Gasteiger partial charge >= 0.3 is 5.97 Å². The number of carbonyl (C=O) groups excluding carboxylic acids is 1. The van der Waals surface area contributed by atoms with Crippen molar-refractivity contribution >= 4 is 5.97 Å². The normalized spacial score (nSPS) is 13.4. The van der Waals surface area contributed by atoms with E-state index in [1.165, 1.54) is 0 Å². The molecule has 1 atom stereocenters. The van der Waals surface area contributed by atoms with E-state index in [1.807, 2.05) is 46.8 Å². The molecule has 0 radical (unpaired) electrons. The van der Waals surface area contributed by atoms with E-state index in [2.05, 4.69) is 5.32 Å². The van der Waals surface area contributed by atoms with Gasteiger partial charge in [0.1, 0.15) is 17.1 Å². The van der Waals surface area contributed by atoms with Gasteiger partial charge in [-0.2, -0.15) is 0 Å². The highest BCUT2D eigenvalue weighted by atomic mass is 16.6. The Morgan fingerprint density at radius 3 is 2.61 bits per heavy atom. The first-order chi connectivity index (χ1) is 8.28. The molecule has 0 aliphatic carbocycles. The average Bonchev–Trinajstić information content (AvgIpc) is 2.62. The van der Waals surface area contributed by atoms with Gasteiger partial charge in [0, 0.05) is 6.54 Å². The van der Waals surface area contributed by atoms with Gasteiger partial charge in [0.15, 0.2) is 0 Å². The summed E-state index contributed by atoms with van der Waals surface area (Å²) in [6, 6.07) is 3.98. The first kappa shape index (κ1) is 14.8. The number of ether oxygens (including phenoxy) is 1. The summed E-state index contributed by atoms with van der Waals surface area (Å²) in [4.78, 5) is 11.5. The minimum Gasteiger partial charge on any atom is -0.465 e. The fraction of sp³-hybridized carbons (Fsp3) is 0.643. The van der Waals surface area contributed by atoms with Crippen LogP contribution < -0.4 is 5.32 Å². The van der Waals surface area contributed by atoms with Crippen molar-refractivity contribution in [1.29, 1.82) is 0 Å². The number of nitrogens with one attached hydrogen (secondary N) is 1. The maximum absolute atomic E-state index is 11.5. The second kappa shape index (κ2) is 6.05. The van der Waals surface area contributed by atoms with E-state index in [0.29, 0.717) is 13.0 Å². The molecule has 0 saturated carbocycles. The molecular weight excluding hydrogens is 230 g/mol. The number of carbonyl (C=O) groups is 1. The average molecular weight is 253 g/mol. The van der Waals surface area contributed by atoms with Crippen LogP contribution in [0.1, 0.15) is 51.7 Å². The third kappa shape index (κ3) is 5.36. The van der Waals surface area contributed by atoms with Crippen LogP contribution in [0.4, 0.5) is 0 Å². The molecule has 0 aromatic carbocycles. The highest BCUT2D eigenvalue weighted by Crippen LogP contribution is 2.15. The van der Waals surface area contributed by atoms with Crippen molar-refractivity contribution in [3.05, 3.63) is 23.7 Å². The lowest BCUT2D eigenvalue weighted by atomic mass is 10.2. The molecule has 4 heteroatoms. The molecule has 1 rings (SSSR count). The van der Waals surface area contributed by atoms with Crippen LogP contribution in [0.2, 0.25) is 0 Å². The molecule has 1 aromatic heterocycles. The lowest BCUT2D eigenvalue weighted by Crippen LogP contribution is -2.27. The Bertz CT molecular complexity index is 390. The van der Waals surface area contributed by atoms with Crippen LogP contribution in [0.15, 0.2) is 16.5 Å². The Balaban J connectivity index is 2.27. The lowest BCUT2D eigenvalue weighted by Gasteiger charge is -2.19. The predicted molar refractivity (Wildman–Crippen MR) is 70.3 cm³/mol. The molecule has 1 N–H and O–H groups in total. The summed E-state index contributed by atoms with van der Waals surface area (Å²) in [7, 11) is 0. The summed E-state index contributed by atoms with van der Waals surface area (Å²) in [5.74, 6) is 1.60. The zero-order chi connectivity index (χ0) is 13.8. The van der Waals surface area contributed by atoms with Gasteiger partial charge in [-0.1, -0.05) is 0 Å². The standard InChI is InChI=1S/C14H23NO3/c1-10-6-7-12(17-10)11(2)15-9-8-13(16)18-14(3,4)5/h6-7,11,15H,8-9H2,1-5H3. The molecule has 4 nitrogen and oxygen atoms in total. The van der Waals surface area contributed by atoms with Crippen LogP contribution >= 0.6 is 0 Å². The number of hydrogen-bond donors (Lipinski definition) is 1. The number of aryl methyl sites for hydroxylation is 1. The van der Waals surface area contributed by atoms with E-state index < -0.39 is 5.60 Å². The van der Waals surface area contributed by atoms with Gasteiger partial charge < -0.3 is 14.5 Å². The van der Waals surface area contributed by atoms with Crippen molar-refractivity contribution < 1.29 is 13.9 Å². The summed E-state index contributed by atoms with van der Waals surface area (Å²) in [6.45, 7) is 10.1. The molecule has 0 amide bonds. The molecule has 0 spiro atoms. The van der Waals surface area contributed by atoms with Crippen LogP contribution in [0.25, 0.3) is 0 Å². The van der Waals surface area contributed by atoms with Crippen molar-refractivity contribution in [2.75, 3.05) is 6.54 Å². The lowest BCUT2D eigenvalue weighted by molar-refractivity contribution is -0.154. The quantitative estimate of drug-likeness (QED) is 0.820. The first-order valence-corrected chi connectivity index (χ1v) is 6.29.